The van der Waals surface area contributed by atoms with E-state index in [1.54, 1.807) is 12.4 Å². The van der Waals surface area contributed by atoms with Gasteiger partial charge in [-0.3, -0.25) is 9.78 Å². The maximum atomic E-state index is 12.7. The van der Waals surface area contributed by atoms with Crippen molar-refractivity contribution in [1.82, 2.24) is 14.8 Å². The van der Waals surface area contributed by atoms with Gasteiger partial charge in [0.25, 0.3) is 5.89 Å². The van der Waals surface area contributed by atoms with E-state index in [9.17, 15) is 9.59 Å². The first-order chi connectivity index (χ1) is 15.2. The Bertz CT molecular complexity index is 1270. The molecule has 1 aliphatic heterocycles. The van der Waals surface area contributed by atoms with E-state index in [1.165, 1.54) is 30.6 Å². The van der Waals surface area contributed by atoms with Crippen LogP contribution in [0.15, 0.2) is 57.3 Å². The molecule has 4 heterocycles. The number of fused-ring (bicyclic) bond motifs is 1. The van der Waals surface area contributed by atoms with Gasteiger partial charge in [0.15, 0.2) is 0 Å². The molecular weight excluding hydrogens is 414 g/mol. The molecule has 9 heteroatoms. The number of piperidine rings is 1. The topological polar surface area (TPSA) is 93.3 Å². The Kier molecular flexibility index (Phi) is 5.25. The van der Waals surface area contributed by atoms with Crippen molar-refractivity contribution in [2.24, 2.45) is 0 Å². The average Bonchev–Trinajstić information content (AvgIpc) is 3.45. The molecule has 158 valence electrons. The number of nitrogens with zero attached hydrogens (tertiary/aromatic N) is 4. The molecule has 1 aromatic carbocycles. The number of amides is 1. The van der Waals surface area contributed by atoms with Crippen molar-refractivity contribution < 1.29 is 9.21 Å². The fourth-order valence-corrected chi connectivity index (χ4v) is 4.57. The molecule has 31 heavy (non-hydrogen) atoms. The number of benzene rings is 1. The van der Waals surface area contributed by atoms with Crippen LogP contribution in [-0.4, -0.2) is 33.8 Å². The van der Waals surface area contributed by atoms with E-state index in [2.05, 4.69) is 20.3 Å². The first-order valence-corrected chi connectivity index (χ1v) is 11.1. The lowest BCUT2D eigenvalue weighted by atomic mass is 10.1. The fourth-order valence-electron chi connectivity index (χ4n) is 3.93. The number of anilines is 2. The summed E-state index contributed by atoms with van der Waals surface area (Å²) in [6.07, 6.45) is 7.16. The molecule has 5 rings (SSSR count). The van der Waals surface area contributed by atoms with Gasteiger partial charge >= 0.3 is 5.76 Å². The highest BCUT2D eigenvalue weighted by molar-refractivity contribution is 7.13. The maximum absolute atomic E-state index is 12.7. The molecule has 0 unspecified atom stereocenters. The molecule has 0 spiro atoms. The number of nitrogens with one attached hydrogen (secondary N) is 1. The van der Waals surface area contributed by atoms with Gasteiger partial charge in [-0.1, -0.05) is 6.07 Å². The first-order valence-electron chi connectivity index (χ1n) is 10.2. The van der Waals surface area contributed by atoms with Gasteiger partial charge < -0.3 is 14.6 Å². The van der Waals surface area contributed by atoms with Crippen LogP contribution in [0.25, 0.3) is 21.5 Å². The summed E-state index contributed by atoms with van der Waals surface area (Å²) < 4.78 is 6.21. The number of aromatic nitrogens is 3. The highest BCUT2D eigenvalue weighted by Gasteiger charge is 2.17. The third kappa shape index (κ3) is 3.96. The van der Waals surface area contributed by atoms with E-state index in [-0.39, 0.29) is 18.3 Å². The van der Waals surface area contributed by atoms with E-state index in [1.807, 2.05) is 35.7 Å². The molecule has 3 aromatic heterocycles. The lowest BCUT2D eigenvalue weighted by Crippen LogP contribution is -2.29. The van der Waals surface area contributed by atoms with E-state index >= 15 is 0 Å². The molecule has 4 aromatic rings. The van der Waals surface area contributed by atoms with Gasteiger partial charge in [0.05, 0.1) is 10.6 Å². The molecule has 1 aliphatic rings. The summed E-state index contributed by atoms with van der Waals surface area (Å²) in [6, 6.07) is 9.57. The summed E-state index contributed by atoms with van der Waals surface area (Å²) in [6.45, 7) is 1.83. The normalized spacial score (nSPS) is 14.1. The summed E-state index contributed by atoms with van der Waals surface area (Å²) in [7, 11) is 0. The standard InChI is InChI=1S/C22H21N5O3S/c28-20(14-27-22(29)30-21(25-27)19-5-4-12-31-19)24-17-6-7-18(26-10-2-1-3-11-26)15-8-9-23-13-16(15)17/h4-9,12-13H,1-3,10-11,14H2,(H,24,28). The Labute approximate surface area is 182 Å². The van der Waals surface area contributed by atoms with Crippen LogP contribution in [-0.2, 0) is 11.3 Å². The molecule has 0 radical (unpaired) electrons. The molecule has 1 amide bonds. The van der Waals surface area contributed by atoms with Gasteiger partial charge in [-0.2, -0.15) is 4.68 Å². The SMILES string of the molecule is O=C(Cn1nc(-c2cccs2)oc1=O)Nc1ccc(N2CCCCC2)c2ccncc12. The number of pyridine rings is 1. The van der Waals surface area contributed by atoms with Crippen LogP contribution in [0.1, 0.15) is 19.3 Å². The predicted molar refractivity (Wildman–Crippen MR) is 121 cm³/mol. The highest BCUT2D eigenvalue weighted by Crippen LogP contribution is 2.33. The Balaban J connectivity index is 1.38. The van der Waals surface area contributed by atoms with Crippen molar-refractivity contribution in [2.45, 2.75) is 25.8 Å². The molecular formula is C22H21N5O3S. The molecule has 0 saturated carbocycles. The van der Waals surface area contributed by atoms with E-state index < -0.39 is 5.76 Å². The molecule has 0 bridgehead atoms. The Morgan fingerprint density at radius 3 is 2.81 bits per heavy atom. The molecule has 1 fully saturated rings. The predicted octanol–water partition coefficient (Wildman–Crippen LogP) is 3.74. The minimum absolute atomic E-state index is 0.216. The zero-order valence-corrected chi connectivity index (χ0v) is 17.6. The number of rotatable bonds is 5. The monoisotopic (exact) mass is 435 g/mol. The van der Waals surface area contributed by atoms with E-state index in [0.29, 0.717) is 5.69 Å². The van der Waals surface area contributed by atoms with Crippen molar-refractivity contribution >= 4 is 39.4 Å². The maximum Gasteiger partial charge on any atom is 0.437 e. The van der Waals surface area contributed by atoms with E-state index in [0.717, 1.165) is 39.1 Å². The van der Waals surface area contributed by atoms with Crippen LogP contribution in [0.5, 0.6) is 0 Å². The highest BCUT2D eigenvalue weighted by atomic mass is 32.1. The van der Waals surface area contributed by atoms with Crippen molar-refractivity contribution in [3.8, 4) is 10.8 Å². The Morgan fingerprint density at radius 1 is 1.13 bits per heavy atom. The number of hydrogen-bond donors (Lipinski definition) is 1. The zero-order chi connectivity index (χ0) is 21.2. The lowest BCUT2D eigenvalue weighted by Gasteiger charge is -2.30. The largest absolute Gasteiger partial charge is 0.437 e. The minimum Gasteiger partial charge on any atom is -0.387 e. The summed E-state index contributed by atoms with van der Waals surface area (Å²) in [5, 5.41) is 10.8. The quantitative estimate of drug-likeness (QED) is 0.513. The minimum atomic E-state index is -0.662. The number of hydrogen-bond acceptors (Lipinski definition) is 7. The Hall–Kier alpha value is -3.46. The van der Waals surface area contributed by atoms with Crippen molar-refractivity contribution in [2.75, 3.05) is 23.3 Å². The van der Waals surface area contributed by atoms with Gasteiger partial charge in [-0.25, -0.2) is 4.79 Å². The lowest BCUT2D eigenvalue weighted by molar-refractivity contribution is -0.117. The van der Waals surface area contributed by atoms with E-state index in [4.69, 9.17) is 4.42 Å². The summed E-state index contributed by atoms with van der Waals surface area (Å²) in [4.78, 5) is 32.1. The van der Waals surface area contributed by atoms with Crippen LogP contribution < -0.4 is 16.0 Å². The number of carbonyl (C=O) groups excluding carboxylic acids is 1. The zero-order valence-electron chi connectivity index (χ0n) is 16.8. The summed E-state index contributed by atoms with van der Waals surface area (Å²) in [5.41, 5.74) is 1.81. The molecule has 0 aliphatic carbocycles. The second kappa shape index (κ2) is 8.35. The fraction of sp³-hybridized carbons (Fsp3) is 0.273. The van der Waals surface area contributed by atoms with Gasteiger partial charge in [0, 0.05) is 41.9 Å². The smallest absolute Gasteiger partial charge is 0.387 e. The summed E-state index contributed by atoms with van der Waals surface area (Å²) in [5.74, 6) is -0.803. The third-order valence-corrected chi connectivity index (χ3v) is 6.26. The van der Waals surface area contributed by atoms with Crippen LogP contribution in [0, 0.1) is 0 Å². The third-order valence-electron chi connectivity index (χ3n) is 5.40. The Morgan fingerprint density at radius 2 is 2.00 bits per heavy atom. The molecule has 1 saturated heterocycles. The first kappa shape index (κ1) is 19.5. The van der Waals surface area contributed by atoms with Crippen molar-refractivity contribution in [1.29, 1.82) is 0 Å². The second-order valence-corrected chi connectivity index (χ2v) is 8.41. The van der Waals surface area contributed by atoms with Crippen LogP contribution in [0.3, 0.4) is 0 Å². The van der Waals surface area contributed by atoms with Gasteiger partial charge in [0.2, 0.25) is 5.91 Å². The molecule has 1 N–H and O–H groups in total. The number of carbonyl (C=O) groups is 1. The van der Waals surface area contributed by atoms with Gasteiger partial charge in [-0.05, 0) is 48.9 Å². The van der Waals surface area contributed by atoms with Crippen LogP contribution in [0.4, 0.5) is 11.4 Å². The van der Waals surface area contributed by atoms with Crippen molar-refractivity contribution in [3.63, 3.8) is 0 Å². The molecule has 8 nitrogen and oxygen atoms in total. The van der Waals surface area contributed by atoms with Crippen molar-refractivity contribution in [3.05, 3.63) is 58.7 Å². The van der Waals surface area contributed by atoms with Crippen LogP contribution >= 0.6 is 11.3 Å². The van der Waals surface area contributed by atoms with Crippen LogP contribution in [0.2, 0.25) is 0 Å². The average molecular weight is 436 g/mol. The van der Waals surface area contributed by atoms with Gasteiger partial charge in [0.1, 0.15) is 6.54 Å². The van der Waals surface area contributed by atoms with Gasteiger partial charge in [-0.15, -0.1) is 16.4 Å². The number of thiophene rings is 1. The molecule has 0 atom stereocenters. The summed E-state index contributed by atoms with van der Waals surface area (Å²) >= 11 is 1.41. The second-order valence-electron chi connectivity index (χ2n) is 7.46.